The van der Waals surface area contributed by atoms with Crippen LogP contribution in [0.1, 0.15) is 87.0 Å². The highest BCUT2D eigenvalue weighted by atomic mass is 16.6. The van der Waals surface area contributed by atoms with Crippen LogP contribution in [-0.4, -0.2) is 58.9 Å². The van der Waals surface area contributed by atoms with Crippen molar-refractivity contribution in [1.82, 2.24) is 20.4 Å². The quantitative estimate of drug-likeness (QED) is 0.324. The van der Waals surface area contributed by atoms with E-state index in [2.05, 4.69) is 15.5 Å². The summed E-state index contributed by atoms with van der Waals surface area (Å²) in [5.41, 5.74) is 0.837. The van der Waals surface area contributed by atoms with Crippen molar-refractivity contribution in [2.75, 3.05) is 20.2 Å². The predicted octanol–water partition coefficient (Wildman–Crippen LogP) is 5.63. The number of methoxy groups -OCH3 is 1. The summed E-state index contributed by atoms with van der Waals surface area (Å²) in [6.07, 6.45) is 2.37. The molecule has 3 aromatic rings. The van der Waals surface area contributed by atoms with Crippen LogP contribution in [0.4, 0.5) is 4.79 Å². The Morgan fingerprint density at radius 2 is 1.72 bits per heavy atom. The Labute approximate surface area is 227 Å². The van der Waals surface area contributed by atoms with Crippen LogP contribution in [0.2, 0.25) is 0 Å². The first-order valence-corrected chi connectivity index (χ1v) is 12.9. The van der Waals surface area contributed by atoms with Crippen molar-refractivity contribution in [3.63, 3.8) is 0 Å². The zero-order valence-corrected chi connectivity index (χ0v) is 23.5. The zero-order chi connectivity index (χ0) is 28.7. The van der Waals surface area contributed by atoms with E-state index in [1.807, 2.05) is 13.8 Å². The minimum atomic E-state index is -0.661. The number of hydrogen-bond donors (Lipinski definition) is 1. The molecule has 0 bridgehead atoms. The van der Waals surface area contributed by atoms with Gasteiger partial charge in [-0.25, -0.2) is 9.59 Å². The molecular weight excluding hydrogens is 504 g/mol. The second kappa shape index (κ2) is 12.6. The molecule has 0 saturated heterocycles. The van der Waals surface area contributed by atoms with E-state index in [1.165, 1.54) is 19.4 Å². The van der Waals surface area contributed by atoms with Crippen LogP contribution in [0.15, 0.2) is 39.4 Å². The first-order chi connectivity index (χ1) is 18.5. The molecule has 2 aromatic heterocycles. The molecule has 0 spiro atoms. The number of benzene rings is 1. The molecule has 1 N–H and O–H groups in total. The van der Waals surface area contributed by atoms with Crippen LogP contribution in [-0.2, 0) is 9.47 Å². The molecule has 0 saturated carbocycles. The second-order valence-electron chi connectivity index (χ2n) is 10.1. The molecule has 1 aromatic carbocycles. The molecule has 39 heavy (non-hydrogen) atoms. The topological polar surface area (TPSA) is 137 Å². The van der Waals surface area contributed by atoms with Crippen LogP contribution in [0, 0.1) is 0 Å². The van der Waals surface area contributed by atoms with E-state index >= 15 is 0 Å². The number of amides is 2. The summed E-state index contributed by atoms with van der Waals surface area (Å²) in [5.74, 6) is -0.219. The van der Waals surface area contributed by atoms with Gasteiger partial charge in [0.1, 0.15) is 23.0 Å². The predicted molar refractivity (Wildman–Crippen MR) is 143 cm³/mol. The number of nitrogens with one attached hydrogen (secondary N) is 1. The third-order valence-corrected chi connectivity index (χ3v) is 5.58. The van der Waals surface area contributed by atoms with E-state index in [-0.39, 0.29) is 29.0 Å². The average Bonchev–Trinajstić information content (AvgIpc) is 3.57. The van der Waals surface area contributed by atoms with Gasteiger partial charge < -0.3 is 28.5 Å². The van der Waals surface area contributed by atoms with Crippen LogP contribution < -0.4 is 5.32 Å². The number of hydrogen-bond acceptors (Lipinski definition) is 9. The summed E-state index contributed by atoms with van der Waals surface area (Å²) >= 11 is 0. The fraction of sp³-hybridized carbons (Fsp3) is 0.464. The molecular formula is C28H36N4O7. The summed E-state index contributed by atoms with van der Waals surface area (Å²) in [6.45, 7) is 12.2. The lowest BCUT2D eigenvalue weighted by molar-refractivity contribution is 0.0499. The first-order valence-electron chi connectivity index (χ1n) is 12.9. The molecule has 0 aliphatic heterocycles. The molecule has 2 amide bonds. The normalized spacial score (nSPS) is 12.1. The summed E-state index contributed by atoms with van der Waals surface area (Å²) in [4.78, 5) is 39.8. The van der Waals surface area contributed by atoms with Gasteiger partial charge in [-0.3, -0.25) is 4.79 Å². The number of furan rings is 1. The average molecular weight is 541 g/mol. The van der Waals surface area contributed by atoms with Crippen molar-refractivity contribution in [1.29, 1.82) is 0 Å². The minimum absolute atomic E-state index is 0.127. The minimum Gasteiger partial charge on any atom is -0.465 e. The lowest BCUT2D eigenvalue weighted by Crippen LogP contribution is -2.34. The highest BCUT2D eigenvalue weighted by molar-refractivity contribution is 5.99. The fourth-order valence-electron chi connectivity index (χ4n) is 3.92. The largest absolute Gasteiger partial charge is 0.465 e. The van der Waals surface area contributed by atoms with Crippen LogP contribution in [0.3, 0.4) is 0 Å². The molecule has 11 heteroatoms. The number of nitrogens with zero attached hydrogens (tertiary/aromatic N) is 3. The number of ether oxygens (including phenoxy) is 2. The maximum atomic E-state index is 13.5. The number of carbonyl (C=O) groups is 3. The van der Waals surface area contributed by atoms with Gasteiger partial charge in [0.2, 0.25) is 11.8 Å². The van der Waals surface area contributed by atoms with Crippen molar-refractivity contribution >= 4 is 18.0 Å². The maximum absolute atomic E-state index is 13.5. The molecule has 3 rings (SSSR count). The molecule has 0 unspecified atom stereocenters. The van der Waals surface area contributed by atoms with Gasteiger partial charge in [0.05, 0.1) is 13.4 Å². The molecule has 0 aliphatic rings. The van der Waals surface area contributed by atoms with Crippen molar-refractivity contribution in [2.45, 2.75) is 66.0 Å². The molecule has 1 atom stereocenters. The molecule has 0 radical (unpaired) electrons. The van der Waals surface area contributed by atoms with Crippen LogP contribution in [0.5, 0.6) is 0 Å². The van der Waals surface area contributed by atoms with E-state index < -0.39 is 23.7 Å². The van der Waals surface area contributed by atoms with E-state index in [4.69, 9.17) is 18.3 Å². The number of carbonyl (C=O) groups excluding carboxylic acids is 3. The van der Waals surface area contributed by atoms with Gasteiger partial charge in [-0.15, -0.1) is 10.2 Å². The van der Waals surface area contributed by atoms with Gasteiger partial charge in [0.25, 0.3) is 5.91 Å². The van der Waals surface area contributed by atoms with Gasteiger partial charge in [-0.2, -0.15) is 0 Å². The van der Waals surface area contributed by atoms with Crippen LogP contribution >= 0.6 is 0 Å². The molecule has 11 nitrogen and oxygen atoms in total. The van der Waals surface area contributed by atoms with E-state index in [1.54, 1.807) is 50.8 Å². The van der Waals surface area contributed by atoms with Gasteiger partial charge in [0.15, 0.2) is 0 Å². The van der Waals surface area contributed by atoms with Gasteiger partial charge >= 0.3 is 12.1 Å². The van der Waals surface area contributed by atoms with Crippen molar-refractivity contribution in [3.05, 3.63) is 47.5 Å². The Bertz CT molecular complexity index is 1300. The van der Waals surface area contributed by atoms with Gasteiger partial charge in [-0.05, 0) is 64.8 Å². The Kier molecular flexibility index (Phi) is 9.50. The molecule has 0 aliphatic carbocycles. The summed E-state index contributed by atoms with van der Waals surface area (Å²) in [5, 5.41) is 10.9. The lowest BCUT2D eigenvalue weighted by Gasteiger charge is -2.22. The number of alkyl carbamates (subject to hydrolysis) is 1. The third-order valence-electron chi connectivity index (χ3n) is 5.58. The molecule has 210 valence electrons. The number of rotatable bonds is 10. The third kappa shape index (κ3) is 7.46. The SMILES string of the molecule is CCCN(CCC)C(=O)c1cc(-c2nnc([C@H](C)NC(=O)OC(C)(C)C)o2)cc(-c2occc2C(=O)OC)c1. The summed E-state index contributed by atoms with van der Waals surface area (Å²) in [7, 11) is 1.28. The van der Waals surface area contributed by atoms with E-state index in [0.717, 1.165) is 12.8 Å². The molecule has 0 fully saturated rings. The Balaban J connectivity index is 2.03. The smallest absolute Gasteiger partial charge is 0.408 e. The van der Waals surface area contributed by atoms with Crippen molar-refractivity contribution < 1.29 is 32.7 Å². The van der Waals surface area contributed by atoms with Gasteiger partial charge in [-0.1, -0.05) is 13.8 Å². The monoisotopic (exact) mass is 540 g/mol. The highest BCUT2D eigenvalue weighted by Crippen LogP contribution is 2.32. The van der Waals surface area contributed by atoms with Gasteiger partial charge in [0, 0.05) is 29.8 Å². The Morgan fingerprint density at radius 3 is 2.33 bits per heavy atom. The number of esters is 1. The summed E-state index contributed by atoms with van der Waals surface area (Å²) in [6, 6.07) is 5.89. The molecule has 2 heterocycles. The van der Waals surface area contributed by atoms with E-state index in [0.29, 0.717) is 29.8 Å². The zero-order valence-electron chi connectivity index (χ0n) is 23.5. The maximum Gasteiger partial charge on any atom is 0.408 e. The van der Waals surface area contributed by atoms with Crippen molar-refractivity contribution in [2.24, 2.45) is 0 Å². The van der Waals surface area contributed by atoms with E-state index in [9.17, 15) is 14.4 Å². The lowest BCUT2D eigenvalue weighted by atomic mass is 10.0. The van der Waals surface area contributed by atoms with Crippen LogP contribution in [0.25, 0.3) is 22.8 Å². The Morgan fingerprint density at radius 1 is 1.05 bits per heavy atom. The van der Waals surface area contributed by atoms with Crippen molar-refractivity contribution in [3.8, 4) is 22.8 Å². The second-order valence-corrected chi connectivity index (χ2v) is 10.1. The first kappa shape index (κ1) is 29.4. The fourth-order valence-corrected chi connectivity index (χ4v) is 3.92. The standard InChI is InChI=1S/C28H36N4O7/c1-8-11-32(12-9-2)25(33)20-15-18(22-21(10-13-37-22)26(34)36-7)14-19(16-20)24-31-30-23(38-24)17(3)29-27(35)39-28(4,5)6/h10,13-17H,8-9,11-12H2,1-7H3,(H,29,35)/t17-/m0/s1. The Hall–Kier alpha value is -4.15. The highest BCUT2D eigenvalue weighted by Gasteiger charge is 2.25. The number of aromatic nitrogens is 2. The summed E-state index contributed by atoms with van der Waals surface area (Å²) < 4.78 is 21.7.